The Morgan fingerprint density at radius 1 is 1.15 bits per heavy atom. The largest absolute Gasteiger partial charge is 0.408 e. The molecule has 1 aromatic carbocycles. The van der Waals surface area contributed by atoms with Crippen LogP contribution in [0.25, 0.3) is 0 Å². The van der Waals surface area contributed by atoms with Crippen LogP contribution in [0.4, 0.5) is 10.4 Å². The van der Waals surface area contributed by atoms with Crippen LogP contribution in [0, 0.1) is 5.82 Å². The Labute approximate surface area is 152 Å². The highest BCUT2D eigenvalue weighted by molar-refractivity contribution is 7.89. The molecule has 9 heteroatoms. The average molecular weight is 382 g/mol. The molecular weight excluding hydrogens is 359 g/mol. The predicted octanol–water partition coefficient (Wildman–Crippen LogP) is 2.03. The van der Waals surface area contributed by atoms with Gasteiger partial charge in [-0.15, -0.1) is 5.10 Å². The molecule has 1 saturated heterocycles. The topological polar surface area (TPSA) is 79.5 Å². The van der Waals surface area contributed by atoms with E-state index in [4.69, 9.17) is 4.42 Å². The Hall–Kier alpha value is -2.00. The first kappa shape index (κ1) is 18.8. The second-order valence-corrected chi connectivity index (χ2v) is 8.71. The van der Waals surface area contributed by atoms with Crippen LogP contribution >= 0.6 is 0 Å². The summed E-state index contributed by atoms with van der Waals surface area (Å²) in [5.74, 6) is 0.243. The number of aromatic nitrogens is 2. The smallest absolute Gasteiger partial charge is 0.318 e. The fourth-order valence-electron chi connectivity index (χ4n) is 2.81. The van der Waals surface area contributed by atoms with Gasteiger partial charge in [0.2, 0.25) is 15.9 Å². The van der Waals surface area contributed by atoms with Crippen LogP contribution in [0.1, 0.15) is 31.2 Å². The van der Waals surface area contributed by atoms with E-state index in [2.05, 4.69) is 10.2 Å². The molecule has 2 aromatic rings. The summed E-state index contributed by atoms with van der Waals surface area (Å²) in [6.07, 6.45) is 0.163. The van der Waals surface area contributed by atoms with E-state index in [-0.39, 0.29) is 23.9 Å². The molecule has 0 bridgehead atoms. The molecule has 2 heterocycles. The lowest BCUT2D eigenvalue weighted by Gasteiger charge is -2.32. The van der Waals surface area contributed by atoms with Crippen molar-refractivity contribution in [1.29, 1.82) is 0 Å². The Morgan fingerprint density at radius 3 is 2.46 bits per heavy atom. The second kappa shape index (κ2) is 7.71. The number of piperazine rings is 1. The van der Waals surface area contributed by atoms with Crippen molar-refractivity contribution in [2.24, 2.45) is 0 Å². The molecule has 1 aliphatic rings. The maximum absolute atomic E-state index is 13.7. The summed E-state index contributed by atoms with van der Waals surface area (Å²) in [7, 11) is -3.44. The van der Waals surface area contributed by atoms with Crippen molar-refractivity contribution in [1.82, 2.24) is 14.5 Å². The molecular formula is C17H23FN4O3S. The molecule has 1 aliphatic heterocycles. The number of hydrogen-bond donors (Lipinski definition) is 0. The summed E-state index contributed by atoms with van der Waals surface area (Å²) >= 11 is 0. The van der Waals surface area contributed by atoms with Gasteiger partial charge in [0.15, 0.2) is 0 Å². The zero-order valence-corrected chi connectivity index (χ0v) is 15.7. The molecule has 0 amide bonds. The lowest BCUT2D eigenvalue weighted by Crippen LogP contribution is -2.49. The zero-order valence-electron chi connectivity index (χ0n) is 14.9. The highest BCUT2D eigenvalue weighted by Gasteiger charge is 2.29. The van der Waals surface area contributed by atoms with Gasteiger partial charge in [-0.2, -0.15) is 4.31 Å². The minimum absolute atomic E-state index is 0.105. The van der Waals surface area contributed by atoms with Gasteiger partial charge in [0, 0.05) is 32.1 Å². The summed E-state index contributed by atoms with van der Waals surface area (Å²) < 4.78 is 45.8. The van der Waals surface area contributed by atoms with Crippen LogP contribution in [0.15, 0.2) is 28.7 Å². The molecule has 0 saturated carbocycles. The summed E-state index contributed by atoms with van der Waals surface area (Å²) in [6.45, 7) is 5.60. The number of halogens is 1. The maximum Gasteiger partial charge on any atom is 0.318 e. The van der Waals surface area contributed by atoms with Crippen LogP contribution in [-0.2, 0) is 16.4 Å². The number of aryl methyl sites for hydroxylation is 1. The van der Waals surface area contributed by atoms with Crippen molar-refractivity contribution in [3.8, 4) is 0 Å². The molecule has 0 atom stereocenters. The quantitative estimate of drug-likeness (QED) is 0.761. The first-order valence-electron chi connectivity index (χ1n) is 8.66. The lowest BCUT2D eigenvalue weighted by atomic mass is 10.2. The van der Waals surface area contributed by atoms with Crippen molar-refractivity contribution >= 4 is 16.0 Å². The molecule has 0 N–H and O–H groups in total. The third-order valence-electron chi connectivity index (χ3n) is 4.41. The molecule has 0 radical (unpaired) electrons. The normalized spacial score (nSPS) is 16.4. The molecule has 26 heavy (non-hydrogen) atoms. The number of rotatable bonds is 6. The highest BCUT2D eigenvalue weighted by atomic mass is 32.2. The van der Waals surface area contributed by atoms with Crippen LogP contribution in [0.5, 0.6) is 0 Å². The fourth-order valence-corrected chi connectivity index (χ4v) is 4.27. The van der Waals surface area contributed by atoms with Gasteiger partial charge in [-0.25, -0.2) is 12.8 Å². The number of hydrogen-bond acceptors (Lipinski definition) is 6. The van der Waals surface area contributed by atoms with E-state index in [1.807, 2.05) is 18.7 Å². The SMILES string of the molecule is CC(C)c1nnc(N2CCN(S(=O)(=O)CCc3ccccc3F)CC2)o1. The van der Waals surface area contributed by atoms with E-state index in [1.165, 1.54) is 10.4 Å². The second-order valence-electron chi connectivity index (χ2n) is 6.62. The molecule has 0 unspecified atom stereocenters. The Kier molecular flexibility index (Phi) is 5.57. The van der Waals surface area contributed by atoms with Gasteiger partial charge in [-0.3, -0.25) is 0 Å². The minimum atomic E-state index is -3.44. The summed E-state index contributed by atoms with van der Waals surface area (Å²) in [5, 5.41) is 8.04. The van der Waals surface area contributed by atoms with E-state index in [0.29, 0.717) is 43.6 Å². The van der Waals surface area contributed by atoms with Crippen LogP contribution in [0.2, 0.25) is 0 Å². The molecule has 1 aromatic heterocycles. The van der Waals surface area contributed by atoms with E-state index in [0.717, 1.165) is 0 Å². The first-order chi connectivity index (χ1) is 12.4. The Balaban J connectivity index is 1.57. The van der Waals surface area contributed by atoms with E-state index < -0.39 is 10.0 Å². The van der Waals surface area contributed by atoms with E-state index in [1.54, 1.807) is 18.2 Å². The molecule has 1 fully saturated rings. The Bertz CT molecular complexity index is 845. The van der Waals surface area contributed by atoms with Gasteiger partial charge < -0.3 is 9.32 Å². The predicted molar refractivity (Wildman–Crippen MR) is 96.1 cm³/mol. The third-order valence-corrected chi connectivity index (χ3v) is 6.29. The summed E-state index contributed by atoms with van der Waals surface area (Å²) in [6, 6.07) is 6.69. The summed E-state index contributed by atoms with van der Waals surface area (Å²) in [5.41, 5.74) is 0.418. The van der Waals surface area contributed by atoms with Gasteiger partial charge >= 0.3 is 6.01 Å². The van der Waals surface area contributed by atoms with Gasteiger partial charge in [0.05, 0.1) is 5.75 Å². The van der Waals surface area contributed by atoms with Crippen molar-refractivity contribution in [3.05, 3.63) is 41.5 Å². The summed E-state index contributed by atoms with van der Waals surface area (Å²) in [4.78, 5) is 1.89. The fraction of sp³-hybridized carbons (Fsp3) is 0.529. The third kappa shape index (κ3) is 4.21. The standard InChI is InChI=1S/C17H23FN4O3S/c1-13(2)16-19-20-17(25-16)21-8-10-22(11-9-21)26(23,24)12-7-14-5-3-4-6-15(14)18/h3-6,13H,7-12H2,1-2H3. The van der Waals surface area contributed by atoms with Gasteiger partial charge in [-0.1, -0.05) is 37.1 Å². The first-order valence-corrected chi connectivity index (χ1v) is 10.3. The number of sulfonamides is 1. The molecule has 0 aliphatic carbocycles. The van der Waals surface area contributed by atoms with E-state index >= 15 is 0 Å². The Morgan fingerprint density at radius 2 is 1.85 bits per heavy atom. The average Bonchev–Trinajstić information content (AvgIpc) is 3.12. The van der Waals surface area contributed by atoms with Crippen LogP contribution in [0.3, 0.4) is 0 Å². The molecule has 7 nitrogen and oxygen atoms in total. The molecule has 0 spiro atoms. The van der Waals surface area contributed by atoms with E-state index in [9.17, 15) is 12.8 Å². The van der Waals surface area contributed by atoms with Gasteiger partial charge in [0.1, 0.15) is 5.82 Å². The van der Waals surface area contributed by atoms with Crippen molar-refractivity contribution < 1.29 is 17.2 Å². The highest BCUT2D eigenvalue weighted by Crippen LogP contribution is 2.20. The van der Waals surface area contributed by atoms with Gasteiger partial charge in [0.25, 0.3) is 0 Å². The minimum Gasteiger partial charge on any atom is -0.408 e. The number of nitrogens with zero attached hydrogens (tertiary/aromatic N) is 4. The van der Waals surface area contributed by atoms with Crippen molar-refractivity contribution in [2.75, 3.05) is 36.8 Å². The number of anilines is 1. The van der Waals surface area contributed by atoms with Crippen LogP contribution in [-0.4, -0.2) is 54.9 Å². The monoisotopic (exact) mass is 382 g/mol. The number of benzene rings is 1. The molecule has 142 valence electrons. The zero-order chi connectivity index (χ0) is 18.7. The van der Waals surface area contributed by atoms with Gasteiger partial charge in [-0.05, 0) is 18.1 Å². The van der Waals surface area contributed by atoms with Crippen molar-refractivity contribution in [3.63, 3.8) is 0 Å². The van der Waals surface area contributed by atoms with Crippen molar-refractivity contribution in [2.45, 2.75) is 26.2 Å². The maximum atomic E-state index is 13.7. The lowest BCUT2D eigenvalue weighted by molar-refractivity contribution is 0.367. The molecule has 3 rings (SSSR count). The van der Waals surface area contributed by atoms with Crippen LogP contribution < -0.4 is 4.90 Å².